The van der Waals surface area contributed by atoms with E-state index in [0.29, 0.717) is 15.7 Å². The van der Waals surface area contributed by atoms with Crippen molar-refractivity contribution in [3.05, 3.63) is 81.3 Å². The number of benzene rings is 3. The number of nitrogens with one attached hydrogen (secondary N) is 2. The van der Waals surface area contributed by atoms with Crippen molar-refractivity contribution in [1.82, 2.24) is 0 Å². The minimum Gasteiger partial charge on any atom is -0.507 e. The van der Waals surface area contributed by atoms with Crippen LogP contribution in [-0.4, -0.2) is 17.1 Å². The van der Waals surface area contributed by atoms with Crippen molar-refractivity contribution in [3.8, 4) is 11.5 Å². The minimum atomic E-state index is -0.804. The van der Waals surface area contributed by atoms with Crippen LogP contribution in [0.2, 0.25) is 15.1 Å². The highest BCUT2D eigenvalue weighted by Crippen LogP contribution is 2.27. The molecule has 0 radical (unpaired) electrons. The highest BCUT2D eigenvalue weighted by Gasteiger charge is 2.14. The van der Waals surface area contributed by atoms with Crippen LogP contribution >= 0.6 is 34.8 Å². The van der Waals surface area contributed by atoms with Crippen molar-refractivity contribution in [3.63, 3.8) is 0 Å². The molecular weight excluding hydrogens is 439 g/mol. The molecule has 0 aliphatic rings. The van der Waals surface area contributed by atoms with Crippen molar-refractivity contribution in [2.24, 2.45) is 0 Å². The lowest BCUT2D eigenvalue weighted by Gasteiger charge is -2.10. The van der Waals surface area contributed by atoms with Crippen LogP contribution in [-0.2, 0) is 0 Å². The van der Waals surface area contributed by atoms with E-state index in [9.17, 15) is 14.7 Å². The van der Waals surface area contributed by atoms with Gasteiger partial charge >= 0.3 is 6.09 Å². The molecule has 2 amide bonds. The van der Waals surface area contributed by atoms with Crippen molar-refractivity contribution in [2.45, 2.75) is 0 Å². The largest absolute Gasteiger partial charge is 0.507 e. The number of hydrogen-bond donors (Lipinski definition) is 3. The molecule has 3 N–H and O–H groups in total. The summed E-state index contributed by atoms with van der Waals surface area (Å²) >= 11 is 17.5. The molecule has 0 fully saturated rings. The first-order valence-electron chi connectivity index (χ1n) is 8.15. The molecule has 29 heavy (non-hydrogen) atoms. The Morgan fingerprint density at radius 1 is 0.793 bits per heavy atom. The Morgan fingerprint density at radius 3 is 2.14 bits per heavy atom. The number of hydrogen-bond acceptors (Lipinski definition) is 4. The van der Waals surface area contributed by atoms with Crippen LogP contribution in [0.1, 0.15) is 10.4 Å². The Labute approximate surface area is 181 Å². The van der Waals surface area contributed by atoms with E-state index >= 15 is 0 Å². The zero-order valence-electron chi connectivity index (χ0n) is 14.6. The maximum absolute atomic E-state index is 12.3. The van der Waals surface area contributed by atoms with Crippen LogP contribution in [0.15, 0.2) is 60.7 Å². The predicted octanol–water partition coefficient (Wildman–Crippen LogP) is 6.22. The first-order chi connectivity index (χ1) is 13.8. The van der Waals surface area contributed by atoms with Crippen LogP contribution < -0.4 is 15.4 Å². The number of amides is 2. The summed E-state index contributed by atoms with van der Waals surface area (Å²) in [6.07, 6.45) is -0.804. The Bertz CT molecular complexity index is 1070. The average molecular weight is 452 g/mol. The standard InChI is InChI=1S/C20H13Cl3N2O4/c21-11-1-3-12(4-2-11)24-19(27)15-7-5-13(9-18(15)26)25-20(28)29-14-6-8-16(22)17(23)10-14/h1-10,26H,(H,24,27)(H,25,28). The summed E-state index contributed by atoms with van der Waals surface area (Å²) in [5, 5.41) is 16.3. The summed E-state index contributed by atoms with van der Waals surface area (Å²) < 4.78 is 5.10. The summed E-state index contributed by atoms with van der Waals surface area (Å²) in [6.45, 7) is 0. The predicted molar refractivity (Wildman–Crippen MR) is 114 cm³/mol. The molecule has 3 aromatic carbocycles. The fourth-order valence-corrected chi connectivity index (χ4v) is 2.74. The smallest absolute Gasteiger partial charge is 0.417 e. The number of carbonyl (C=O) groups excluding carboxylic acids is 2. The van der Waals surface area contributed by atoms with Gasteiger partial charge in [0.05, 0.1) is 15.6 Å². The third kappa shape index (κ3) is 5.54. The molecule has 0 aliphatic heterocycles. The van der Waals surface area contributed by atoms with E-state index in [-0.39, 0.29) is 27.8 Å². The minimum absolute atomic E-state index is 0.0309. The highest BCUT2D eigenvalue weighted by atomic mass is 35.5. The number of anilines is 2. The number of halogens is 3. The van der Waals surface area contributed by atoms with Gasteiger partial charge < -0.3 is 15.2 Å². The van der Waals surface area contributed by atoms with Crippen molar-refractivity contribution < 1.29 is 19.4 Å². The molecule has 0 saturated carbocycles. The number of ether oxygens (including phenoxy) is 1. The van der Waals surface area contributed by atoms with Gasteiger partial charge in [-0.05, 0) is 48.5 Å². The Hall–Kier alpha value is -2.93. The summed E-state index contributed by atoms with van der Waals surface area (Å²) in [6, 6.07) is 14.9. The van der Waals surface area contributed by atoms with Gasteiger partial charge in [-0.15, -0.1) is 0 Å². The summed E-state index contributed by atoms with van der Waals surface area (Å²) in [4.78, 5) is 24.3. The van der Waals surface area contributed by atoms with Gasteiger partial charge in [-0.3, -0.25) is 10.1 Å². The van der Waals surface area contributed by atoms with Crippen LogP contribution in [0.25, 0.3) is 0 Å². The molecule has 0 spiro atoms. The van der Waals surface area contributed by atoms with E-state index in [0.717, 1.165) is 0 Å². The third-order valence-corrected chi connectivity index (χ3v) is 4.68. The molecule has 0 aliphatic carbocycles. The first kappa shape index (κ1) is 20.8. The molecule has 9 heteroatoms. The number of aromatic hydroxyl groups is 1. The molecule has 148 valence electrons. The van der Waals surface area contributed by atoms with Gasteiger partial charge in [0.2, 0.25) is 0 Å². The molecule has 3 aromatic rings. The number of phenols is 1. The van der Waals surface area contributed by atoms with Crippen LogP contribution in [0, 0.1) is 0 Å². The summed E-state index contributed by atoms with van der Waals surface area (Å²) in [5.74, 6) is -0.640. The molecule has 0 unspecified atom stereocenters. The zero-order chi connectivity index (χ0) is 21.0. The van der Waals surface area contributed by atoms with Crippen LogP contribution in [0.3, 0.4) is 0 Å². The maximum Gasteiger partial charge on any atom is 0.417 e. The first-order valence-corrected chi connectivity index (χ1v) is 9.29. The molecule has 0 atom stereocenters. The molecular formula is C20H13Cl3N2O4. The Morgan fingerprint density at radius 2 is 1.48 bits per heavy atom. The summed E-state index contributed by atoms with van der Waals surface area (Å²) in [5.41, 5.74) is 0.783. The number of rotatable bonds is 4. The van der Waals surface area contributed by atoms with E-state index in [1.165, 1.54) is 36.4 Å². The van der Waals surface area contributed by atoms with Crippen molar-refractivity contribution in [1.29, 1.82) is 0 Å². The Balaban J connectivity index is 1.65. The normalized spacial score (nSPS) is 10.3. The Kier molecular flexibility index (Phi) is 6.49. The second-order valence-corrected chi connectivity index (χ2v) is 7.03. The lowest BCUT2D eigenvalue weighted by atomic mass is 10.1. The highest BCUT2D eigenvalue weighted by molar-refractivity contribution is 6.42. The topological polar surface area (TPSA) is 87.7 Å². The van der Waals surface area contributed by atoms with Crippen molar-refractivity contribution in [2.75, 3.05) is 10.6 Å². The fraction of sp³-hybridized carbons (Fsp3) is 0. The molecule has 3 rings (SSSR count). The molecule has 0 heterocycles. The van der Waals surface area contributed by atoms with Gasteiger partial charge in [0.25, 0.3) is 5.91 Å². The lowest BCUT2D eigenvalue weighted by molar-refractivity contribution is 0.102. The van der Waals surface area contributed by atoms with E-state index < -0.39 is 12.0 Å². The summed E-state index contributed by atoms with van der Waals surface area (Å²) in [7, 11) is 0. The average Bonchev–Trinajstić information content (AvgIpc) is 2.66. The quantitative estimate of drug-likeness (QED) is 0.440. The van der Waals surface area contributed by atoms with Gasteiger partial charge in [-0.1, -0.05) is 34.8 Å². The van der Waals surface area contributed by atoms with Gasteiger partial charge in [0.1, 0.15) is 11.5 Å². The lowest BCUT2D eigenvalue weighted by Crippen LogP contribution is -2.17. The van der Waals surface area contributed by atoms with Gasteiger partial charge in [-0.25, -0.2) is 4.79 Å². The van der Waals surface area contributed by atoms with E-state index in [4.69, 9.17) is 39.5 Å². The fourth-order valence-electron chi connectivity index (χ4n) is 2.32. The SMILES string of the molecule is O=C(Nc1ccc(C(=O)Nc2ccc(Cl)cc2)c(O)c1)Oc1ccc(Cl)c(Cl)c1. The molecule has 6 nitrogen and oxygen atoms in total. The van der Waals surface area contributed by atoms with Gasteiger partial charge in [-0.2, -0.15) is 0 Å². The van der Waals surface area contributed by atoms with Crippen LogP contribution in [0.5, 0.6) is 11.5 Å². The molecule has 0 saturated heterocycles. The zero-order valence-corrected chi connectivity index (χ0v) is 16.8. The van der Waals surface area contributed by atoms with Gasteiger partial charge in [0.15, 0.2) is 0 Å². The molecule has 0 bridgehead atoms. The van der Waals surface area contributed by atoms with Crippen molar-refractivity contribution >= 4 is 58.2 Å². The van der Waals surface area contributed by atoms with E-state index in [1.54, 1.807) is 24.3 Å². The monoisotopic (exact) mass is 450 g/mol. The van der Waals surface area contributed by atoms with E-state index in [1.807, 2.05) is 0 Å². The number of carbonyl (C=O) groups is 2. The molecule has 0 aromatic heterocycles. The number of phenolic OH excluding ortho intramolecular Hbond substituents is 1. The second-order valence-electron chi connectivity index (χ2n) is 5.78. The third-order valence-electron chi connectivity index (χ3n) is 3.69. The second kappa shape index (κ2) is 9.05. The van der Waals surface area contributed by atoms with E-state index in [2.05, 4.69) is 10.6 Å². The maximum atomic E-state index is 12.3. The van der Waals surface area contributed by atoms with Crippen LogP contribution in [0.4, 0.5) is 16.2 Å². The van der Waals surface area contributed by atoms with Gasteiger partial charge in [0, 0.05) is 28.5 Å².